The standard InChI is InChI=1S/C34H42ClN5O8S/c1-4-7-26(30(41)32(43)36-23-11-12-23)37-31(42)29-19-34(18-28(38-48-34)21-9-6-10-22(35)17-21)20-40(29)33(44)27(8-5-2)39-49(45,46)25-15-13-24(47-3)14-16-25/h6,9-10,13-17,23,26-27,29,39H,4-5,7-8,11-12,18-20H2,1-3H3,(H,36,43)(H,37,42)/t26-,27-,29-,34+/m0/s1. The second kappa shape index (κ2) is 15.3. The van der Waals surface area contributed by atoms with Crippen molar-refractivity contribution in [2.45, 2.75) is 99.9 Å². The van der Waals surface area contributed by atoms with Crippen molar-refractivity contribution in [3.63, 3.8) is 0 Å². The molecule has 0 radical (unpaired) electrons. The molecule has 49 heavy (non-hydrogen) atoms. The Balaban J connectivity index is 1.41. The fourth-order valence-electron chi connectivity index (χ4n) is 6.15. The quantitative estimate of drug-likeness (QED) is 0.236. The van der Waals surface area contributed by atoms with Crippen molar-refractivity contribution in [1.29, 1.82) is 0 Å². The molecule has 2 aliphatic heterocycles. The number of nitrogens with one attached hydrogen (secondary N) is 3. The summed E-state index contributed by atoms with van der Waals surface area (Å²) < 4.78 is 34.5. The van der Waals surface area contributed by atoms with Crippen molar-refractivity contribution in [2.75, 3.05) is 13.7 Å². The van der Waals surface area contributed by atoms with Crippen LogP contribution >= 0.6 is 11.6 Å². The Morgan fingerprint density at radius 2 is 1.76 bits per heavy atom. The van der Waals surface area contributed by atoms with Crippen molar-refractivity contribution < 1.29 is 37.2 Å². The Bertz CT molecular complexity index is 1710. The van der Waals surface area contributed by atoms with E-state index in [9.17, 15) is 27.6 Å². The van der Waals surface area contributed by atoms with Crippen LogP contribution in [0.1, 0.15) is 70.8 Å². The van der Waals surface area contributed by atoms with Gasteiger partial charge in [0, 0.05) is 29.5 Å². The molecule has 3 N–H and O–H groups in total. The van der Waals surface area contributed by atoms with Gasteiger partial charge in [-0.2, -0.15) is 4.72 Å². The van der Waals surface area contributed by atoms with Crippen molar-refractivity contribution in [2.24, 2.45) is 5.16 Å². The van der Waals surface area contributed by atoms with Gasteiger partial charge in [-0.05, 0) is 62.1 Å². The van der Waals surface area contributed by atoms with Crippen LogP contribution in [0.4, 0.5) is 0 Å². The molecule has 3 aliphatic rings. The Labute approximate surface area is 291 Å². The minimum Gasteiger partial charge on any atom is -0.497 e. The number of carbonyl (C=O) groups excluding carboxylic acids is 4. The van der Waals surface area contributed by atoms with E-state index in [4.69, 9.17) is 21.2 Å². The molecule has 1 spiro atoms. The fraction of sp³-hybridized carbons (Fsp3) is 0.500. The van der Waals surface area contributed by atoms with Crippen LogP contribution in [0.2, 0.25) is 5.02 Å². The van der Waals surface area contributed by atoms with E-state index in [1.807, 2.05) is 19.9 Å². The van der Waals surface area contributed by atoms with Gasteiger partial charge in [0.25, 0.3) is 5.91 Å². The maximum absolute atomic E-state index is 14.3. The van der Waals surface area contributed by atoms with Crippen LogP contribution in [0.25, 0.3) is 0 Å². The average molecular weight is 716 g/mol. The number of nitrogens with zero attached hydrogens (tertiary/aromatic N) is 2. The van der Waals surface area contributed by atoms with Gasteiger partial charge in [0.1, 0.15) is 17.8 Å². The van der Waals surface area contributed by atoms with Gasteiger partial charge in [0.15, 0.2) is 5.60 Å². The SMILES string of the molecule is CCC[C@H](NC(=O)[C@@H]1C[C@]2(CC(c3cccc(Cl)c3)=NO2)CN1C(=O)[C@H](CCC)NS(=O)(=O)c1ccc(OC)cc1)C(=O)C(=O)NC1CC1. The summed E-state index contributed by atoms with van der Waals surface area (Å²) in [4.78, 5) is 61.4. The average Bonchev–Trinajstić information content (AvgIpc) is 3.68. The highest BCUT2D eigenvalue weighted by atomic mass is 35.5. The van der Waals surface area contributed by atoms with E-state index in [-0.39, 0.29) is 43.2 Å². The smallest absolute Gasteiger partial charge is 0.289 e. The number of ketones is 1. The number of amides is 3. The highest BCUT2D eigenvalue weighted by Crippen LogP contribution is 2.39. The second-order valence-electron chi connectivity index (χ2n) is 12.8. The molecule has 1 aliphatic carbocycles. The highest BCUT2D eigenvalue weighted by Gasteiger charge is 2.55. The van der Waals surface area contributed by atoms with Crippen LogP contribution in [0.5, 0.6) is 5.75 Å². The number of methoxy groups -OCH3 is 1. The number of oxime groups is 1. The minimum absolute atomic E-state index is 0.0174. The lowest BCUT2D eigenvalue weighted by atomic mass is 9.91. The number of ether oxygens (including phenoxy) is 1. The highest BCUT2D eigenvalue weighted by molar-refractivity contribution is 7.89. The van der Waals surface area contributed by atoms with Crippen molar-refractivity contribution in [3.05, 3.63) is 59.1 Å². The second-order valence-corrected chi connectivity index (χ2v) is 14.9. The Morgan fingerprint density at radius 3 is 2.39 bits per heavy atom. The van der Waals surface area contributed by atoms with E-state index in [0.29, 0.717) is 29.3 Å². The molecule has 13 nitrogen and oxygen atoms in total. The van der Waals surface area contributed by atoms with Gasteiger partial charge < -0.3 is 25.1 Å². The molecule has 5 rings (SSSR count). The Hall–Kier alpha value is -4.01. The first-order valence-corrected chi connectivity index (χ1v) is 18.4. The molecule has 0 bridgehead atoms. The maximum Gasteiger partial charge on any atom is 0.289 e. The summed E-state index contributed by atoms with van der Waals surface area (Å²) in [5, 5.41) is 10.2. The van der Waals surface area contributed by atoms with Gasteiger partial charge in [0.05, 0.1) is 30.3 Å². The molecular weight excluding hydrogens is 674 g/mol. The number of hydrogen-bond acceptors (Lipinski definition) is 9. The van der Waals surface area contributed by atoms with Crippen LogP contribution in [0, 0.1) is 0 Å². The first kappa shape index (κ1) is 36.3. The number of rotatable bonds is 15. The number of Topliss-reactive ketones (excluding diaryl/α,β-unsaturated/α-hetero) is 1. The van der Waals surface area contributed by atoms with Crippen molar-refractivity contribution >= 4 is 50.8 Å². The van der Waals surface area contributed by atoms with E-state index in [1.54, 1.807) is 18.2 Å². The summed E-state index contributed by atoms with van der Waals surface area (Å²) in [7, 11) is -2.69. The van der Waals surface area contributed by atoms with Crippen molar-refractivity contribution in [3.8, 4) is 5.75 Å². The summed E-state index contributed by atoms with van der Waals surface area (Å²) >= 11 is 6.21. The zero-order valence-electron chi connectivity index (χ0n) is 27.7. The number of hydrogen-bond donors (Lipinski definition) is 3. The predicted molar refractivity (Wildman–Crippen MR) is 182 cm³/mol. The number of halogens is 1. The van der Waals surface area contributed by atoms with Crippen LogP contribution in [0.3, 0.4) is 0 Å². The lowest BCUT2D eigenvalue weighted by molar-refractivity contribution is -0.143. The monoisotopic (exact) mass is 715 g/mol. The van der Waals surface area contributed by atoms with E-state index in [1.165, 1.54) is 36.3 Å². The van der Waals surface area contributed by atoms with Crippen LogP contribution < -0.4 is 20.1 Å². The molecule has 2 aromatic carbocycles. The minimum atomic E-state index is -4.16. The van der Waals surface area contributed by atoms with Crippen LogP contribution in [-0.4, -0.2) is 86.0 Å². The number of carbonyl (C=O) groups is 4. The number of sulfonamides is 1. The number of likely N-dealkylation sites (tertiary alicyclic amines) is 1. The molecule has 1 saturated heterocycles. The van der Waals surface area contributed by atoms with Crippen LogP contribution in [-0.2, 0) is 34.0 Å². The summed E-state index contributed by atoms with van der Waals surface area (Å²) in [6.45, 7) is 3.57. The van der Waals surface area contributed by atoms with E-state index in [2.05, 4.69) is 20.5 Å². The third kappa shape index (κ3) is 8.60. The molecule has 15 heteroatoms. The molecule has 3 amide bonds. The molecule has 2 aromatic rings. The topological polar surface area (TPSA) is 173 Å². The third-order valence-electron chi connectivity index (χ3n) is 8.87. The van der Waals surface area contributed by atoms with Crippen molar-refractivity contribution in [1.82, 2.24) is 20.3 Å². The third-order valence-corrected chi connectivity index (χ3v) is 10.6. The van der Waals surface area contributed by atoms with E-state index in [0.717, 1.165) is 18.4 Å². The van der Waals surface area contributed by atoms with Gasteiger partial charge in [0.2, 0.25) is 27.6 Å². The molecule has 1 saturated carbocycles. The Kier molecular flexibility index (Phi) is 11.3. The maximum atomic E-state index is 14.3. The molecule has 0 unspecified atom stereocenters. The molecule has 2 fully saturated rings. The van der Waals surface area contributed by atoms with E-state index < -0.39 is 57.3 Å². The van der Waals surface area contributed by atoms with Gasteiger partial charge >= 0.3 is 0 Å². The Morgan fingerprint density at radius 1 is 1.06 bits per heavy atom. The van der Waals surface area contributed by atoms with Gasteiger partial charge in [-0.15, -0.1) is 0 Å². The number of benzene rings is 2. The summed E-state index contributed by atoms with van der Waals surface area (Å²) in [5.74, 6) is -2.32. The lowest BCUT2D eigenvalue weighted by Gasteiger charge is -2.29. The van der Waals surface area contributed by atoms with Crippen LogP contribution in [0.15, 0.2) is 58.6 Å². The zero-order valence-corrected chi connectivity index (χ0v) is 29.3. The molecular formula is C34H42ClN5O8S. The molecule has 264 valence electrons. The predicted octanol–water partition coefficient (Wildman–Crippen LogP) is 3.09. The molecule has 0 aromatic heterocycles. The molecule has 2 heterocycles. The molecule has 4 atom stereocenters. The summed E-state index contributed by atoms with van der Waals surface area (Å²) in [5.41, 5.74) is 0.202. The first-order valence-electron chi connectivity index (χ1n) is 16.5. The fourth-order valence-corrected chi connectivity index (χ4v) is 7.57. The van der Waals surface area contributed by atoms with Gasteiger partial charge in [-0.25, -0.2) is 8.42 Å². The van der Waals surface area contributed by atoms with Gasteiger partial charge in [-0.3, -0.25) is 19.2 Å². The summed E-state index contributed by atoms with van der Waals surface area (Å²) in [6.07, 6.45) is 3.19. The normalized spacial score (nSPS) is 21.4. The van der Waals surface area contributed by atoms with Gasteiger partial charge in [-0.1, -0.05) is 55.6 Å². The first-order chi connectivity index (χ1) is 23.4. The lowest BCUT2D eigenvalue weighted by Crippen LogP contribution is -2.56. The summed E-state index contributed by atoms with van der Waals surface area (Å²) in [6, 6.07) is 9.33. The van der Waals surface area contributed by atoms with E-state index >= 15 is 0 Å². The zero-order chi connectivity index (χ0) is 35.3. The largest absolute Gasteiger partial charge is 0.497 e.